The molecule has 2 aromatic rings. The number of nitrogens with one attached hydrogen (secondary N) is 1. The summed E-state index contributed by atoms with van der Waals surface area (Å²) in [6.45, 7) is 4.69. The summed E-state index contributed by atoms with van der Waals surface area (Å²) in [7, 11) is 0. The molecule has 0 aliphatic carbocycles. The molecule has 1 aromatic carbocycles. The predicted octanol–water partition coefficient (Wildman–Crippen LogP) is 4.06. The fourth-order valence-electron chi connectivity index (χ4n) is 3.16. The average molecular weight is 451 g/mol. The van der Waals surface area contributed by atoms with Gasteiger partial charge >= 0.3 is 0 Å². The predicted molar refractivity (Wildman–Crippen MR) is 118 cm³/mol. The van der Waals surface area contributed by atoms with Gasteiger partial charge in [0.25, 0.3) is 0 Å². The maximum absolute atomic E-state index is 12.2. The van der Waals surface area contributed by atoms with Crippen LogP contribution in [0.15, 0.2) is 35.7 Å². The summed E-state index contributed by atoms with van der Waals surface area (Å²) in [5.41, 5.74) is 8.18. The van der Waals surface area contributed by atoms with Crippen LogP contribution in [0.3, 0.4) is 0 Å². The van der Waals surface area contributed by atoms with E-state index in [0.717, 1.165) is 24.5 Å². The first-order valence-corrected chi connectivity index (χ1v) is 9.86. The van der Waals surface area contributed by atoms with Gasteiger partial charge in [0.2, 0.25) is 5.91 Å². The topological polar surface area (TPSA) is 58.4 Å². The number of amides is 1. The fraction of sp³-hybridized carbons (Fsp3) is 0.421. The SMILES string of the molecule is CC(CN)C(=O)NCC(c1ccc(Cl)cc1)N1CCc2sccc2C1.Cl.Cl. The van der Waals surface area contributed by atoms with E-state index < -0.39 is 0 Å². The molecule has 1 amide bonds. The van der Waals surface area contributed by atoms with E-state index in [1.807, 2.05) is 30.4 Å². The molecule has 2 atom stereocenters. The van der Waals surface area contributed by atoms with Crippen LogP contribution in [-0.4, -0.2) is 30.4 Å². The lowest BCUT2D eigenvalue weighted by Crippen LogP contribution is -2.42. The van der Waals surface area contributed by atoms with Crippen molar-refractivity contribution in [1.29, 1.82) is 0 Å². The van der Waals surface area contributed by atoms with E-state index in [0.29, 0.717) is 13.1 Å². The standard InChI is InChI=1S/C19H24ClN3OS.2ClH/c1-13(10-21)19(24)22-11-17(14-2-4-16(20)5-3-14)23-8-6-18-15(12-23)7-9-25-18;;/h2-5,7,9,13,17H,6,8,10-12,21H2,1H3,(H,22,24);2*1H. The monoisotopic (exact) mass is 449 g/mol. The highest BCUT2D eigenvalue weighted by Crippen LogP contribution is 2.30. The number of hydrogen-bond acceptors (Lipinski definition) is 4. The molecule has 1 aromatic heterocycles. The number of carbonyl (C=O) groups excluding carboxylic acids is 1. The van der Waals surface area contributed by atoms with Crippen LogP contribution in [-0.2, 0) is 17.8 Å². The van der Waals surface area contributed by atoms with Gasteiger partial charge in [-0.1, -0.05) is 30.7 Å². The molecule has 150 valence electrons. The lowest BCUT2D eigenvalue weighted by Gasteiger charge is -2.35. The highest BCUT2D eigenvalue weighted by molar-refractivity contribution is 7.10. The summed E-state index contributed by atoms with van der Waals surface area (Å²) in [6, 6.07) is 10.3. The first-order valence-electron chi connectivity index (χ1n) is 8.61. The van der Waals surface area contributed by atoms with E-state index in [1.165, 1.54) is 16.0 Å². The van der Waals surface area contributed by atoms with Gasteiger partial charge in [0.1, 0.15) is 0 Å². The van der Waals surface area contributed by atoms with E-state index in [1.54, 1.807) is 0 Å². The molecule has 3 N–H and O–H groups in total. The van der Waals surface area contributed by atoms with Crippen LogP contribution in [0, 0.1) is 5.92 Å². The molecule has 0 saturated carbocycles. The van der Waals surface area contributed by atoms with Crippen molar-refractivity contribution in [2.45, 2.75) is 25.9 Å². The first kappa shape index (κ1) is 24.2. The number of carbonyl (C=O) groups is 1. The van der Waals surface area contributed by atoms with E-state index in [-0.39, 0.29) is 42.7 Å². The van der Waals surface area contributed by atoms with Gasteiger partial charge in [0.05, 0.1) is 6.04 Å². The van der Waals surface area contributed by atoms with Gasteiger partial charge in [0, 0.05) is 42.0 Å². The summed E-state index contributed by atoms with van der Waals surface area (Å²) >= 11 is 7.88. The second-order valence-electron chi connectivity index (χ2n) is 6.54. The molecule has 3 rings (SSSR count). The summed E-state index contributed by atoms with van der Waals surface area (Å²) in [4.78, 5) is 16.1. The number of rotatable bonds is 6. The van der Waals surface area contributed by atoms with Crippen LogP contribution in [0.2, 0.25) is 5.02 Å². The molecular weight excluding hydrogens is 425 g/mol. The molecule has 0 spiro atoms. The van der Waals surface area contributed by atoms with Crippen molar-refractivity contribution in [1.82, 2.24) is 10.2 Å². The first-order chi connectivity index (χ1) is 12.1. The van der Waals surface area contributed by atoms with Gasteiger partial charge in [-0.25, -0.2) is 0 Å². The third-order valence-corrected chi connectivity index (χ3v) is 6.08. The van der Waals surface area contributed by atoms with Gasteiger partial charge in [0.15, 0.2) is 0 Å². The average Bonchev–Trinajstić information content (AvgIpc) is 3.10. The molecule has 0 fully saturated rings. The molecule has 0 radical (unpaired) electrons. The molecule has 1 aliphatic rings. The zero-order chi connectivity index (χ0) is 17.8. The van der Waals surface area contributed by atoms with Crippen LogP contribution in [0.5, 0.6) is 0 Å². The quantitative estimate of drug-likeness (QED) is 0.698. The van der Waals surface area contributed by atoms with Gasteiger partial charge < -0.3 is 11.1 Å². The van der Waals surface area contributed by atoms with Crippen molar-refractivity contribution >= 4 is 53.7 Å². The Kier molecular flexibility index (Phi) is 10.1. The number of halogens is 3. The van der Waals surface area contributed by atoms with Crippen LogP contribution < -0.4 is 11.1 Å². The summed E-state index contributed by atoms with van der Waals surface area (Å²) in [6.07, 6.45) is 1.06. The van der Waals surface area contributed by atoms with E-state index >= 15 is 0 Å². The molecule has 2 unspecified atom stereocenters. The Morgan fingerprint density at radius 3 is 2.67 bits per heavy atom. The van der Waals surface area contributed by atoms with Crippen molar-refractivity contribution in [2.24, 2.45) is 11.7 Å². The van der Waals surface area contributed by atoms with Gasteiger partial charge in [-0.15, -0.1) is 36.2 Å². The number of nitrogens with zero attached hydrogens (tertiary/aromatic N) is 1. The van der Waals surface area contributed by atoms with Crippen molar-refractivity contribution in [2.75, 3.05) is 19.6 Å². The van der Waals surface area contributed by atoms with E-state index in [2.05, 4.69) is 33.8 Å². The Morgan fingerprint density at radius 2 is 2.00 bits per heavy atom. The third-order valence-electron chi connectivity index (χ3n) is 4.80. The molecule has 1 aliphatic heterocycles. The maximum atomic E-state index is 12.2. The Balaban J connectivity index is 0.00000182. The van der Waals surface area contributed by atoms with Crippen molar-refractivity contribution in [3.63, 3.8) is 0 Å². The number of nitrogens with two attached hydrogens (primary N) is 1. The minimum atomic E-state index is -0.171. The maximum Gasteiger partial charge on any atom is 0.224 e. The number of fused-ring (bicyclic) bond motifs is 1. The highest BCUT2D eigenvalue weighted by Gasteiger charge is 2.26. The smallest absolute Gasteiger partial charge is 0.224 e. The van der Waals surface area contributed by atoms with Crippen LogP contribution in [0.1, 0.15) is 29.0 Å². The number of thiophene rings is 1. The van der Waals surface area contributed by atoms with Gasteiger partial charge in [-0.2, -0.15) is 0 Å². The van der Waals surface area contributed by atoms with Gasteiger partial charge in [-0.05, 0) is 41.1 Å². The zero-order valence-corrected chi connectivity index (χ0v) is 18.4. The Hall–Kier alpha value is -0.820. The number of benzene rings is 1. The van der Waals surface area contributed by atoms with E-state index in [9.17, 15) is 4.79 Å². The minimum absolute atomic E-state index is 0. The molecule has 27 heavy (non-hydrogen) atoms. The molecule has 0 saturated heterocycles. The van der Waals surface area contributed by atoms with Crippen LogP contribution >= 0.6 is 47.8 Å². The second kappa shape index (κ2) is 11.2. The molecule has 0 bridgehead atoms. The third kappa shape index (κ3) is 6.08. The Labute approximate surface area is 182 Å². The fourth-order valence-corrected chi connectivity index (χ4v) is 4.17. The lowest BCUT2D eigenvalue weighted by molar-refractivity contribution is -0.124. The van der Waals surface area contributed by atoms with Crippen molar-refractivity contribution in [3.05, 3.63) is 56.7 Å². The zero-order valence-electron chi connectivity index (χ0n) is 15.2. The minimum Gasteiger partial charge on any atom is -0.354 e. The molecule has 2 heterocycles. The van der Waals surface area contributed by atoms with Crippen molar-refractivity contribution in [3.8, 4) is 0 Å². The Bertz CT molecular complexity index is 723. The molecule has 4 nitrogen and oxygen atoms in total. The lowest BCUT2D eigenvalue weighted by atomic mass is 10.0. The highest BCUT2D eigenvalue weighted by atomic mass is 35.5. The normalized spacial score (nSPS) is 15.7. The summed E-state index contributed by atoms with van der Waals surface area (Å²) in [5, 5.41) is 5.96. The molecule has 8 heteroatoms. The van der Waals surface area contributed by atoms with Crippen molar-refractivity contribution < 1.29 is 4.79 Å². The Morgan fingerprint density at radius 1 is 1.30 bits per heavy atom. The van der Waals surface area contributed by atoms with Crippen LogP contribution in [0.4, 0.5) is 0 Å². The number of hydrogen-bond donors (Lipinski definition) is 2. The largest absolute Gasteiger partial charge is 0.354 e. The second-order valence-corrected chi connectivity index (χ2v) is 7.98. The van der Waals surface area contributed by atoms with Gasteiger partial charge in [-0.3, -0.25) is 9.69 Å². The van der Waals surface area contributed by atoms with E-state index in [4.69, 9.17) is 17.3 Å². The van der Waals surface area contributed by atoms with Crippen LogP contribution in [0.25, 0.3) is 0 Å². The molecular formula is C19H26Cl3N3OS. The summed E-state index contributed by atoms with van der Waals surface area (Å²) < 4.78 is 0. The summed E-state index contributed by atoms with van der Waals surface area (Å²) in [5.74, 6) is -0.162.